The fraction of sp³-hybridized carbons (Fsp3) is 0.750. The van der Waals surface area contributed by atoms with Gasteiger partial charge in [0, 0.05) is 12.3 Å². The van der Waals surface area contributed by atoms with Gasteiger partial charge < -0.3 is 0 Å². The van der Waals surface area contributed by atoms with Crippen molar-refractivity contribution in [2.75, 3.05) is 0 Å². The molecule has 0 N–H and O–H groups in total. The first-order valence-corrected chi connectivity index (χ1v) is 5.39. The van der Waals surface area contributed by atoms with E-state index in [4.69, 9.17) is 0 Å². The zero-order valence-electron chi connectivity index (χ0n) is 8.75. The summed E-state index contributed by atoms with van der Waals surface area (Å²) in [5.41, 5.74) is 0. The van der Waals surface area contributed by atoms with Gasteiger partial charge in [-0.2, -0.15) is 0 Å². The van der Waals surface area contributed by atoms with E-state index in [9.17, 15) is 4.79 Å². The highest BCUT2D eigenvalue weighted by molar-refractivity contribution is 5.87. The van der Waals surface area contributed by atoms with Crippen molar-refractivity contribution in [3.05, 3.63) is 12.2 Å². The van der Waals surface area contributed by atoms with Crippen LogP contribution in [-0.2, 0) is 4.79 Å². The molecule has 1 rings (SSSR count). The van der Waals surface area contributed by atoms with Crippen molar-refractivity contribution in [1.82, 2.24) is 0 Å². The predicted molar refractivity (Wildman–Crippen MR) is 55.6 cm³/mol. The molecule has 0 aromatic heterocycles. The second-order valence-electron chi connectivity index (χ2n) is 4.36. The molecule has 1 aliphatic rings. The summed E-state index contributed by atoms with van der Waals surface area (Å²) >= 11 is 0. The summed E-state index contributed by atoms with van der Waals surface area (Å²) in [6.07, 6.45) is 9.87. The molecule has 0 aliphatic heterocycles. The van der Waals surface area contributed by atoms with Crippen LogP contribution >= 0.6 is 0 Å². The lowest BCUT2D eigenvalue weighted by molar-refractivity contribution is -0.127. The molecule has 0 bridgehead atoms. The highest BCUT2D eigenvalue weighted by atomic mass is 16.1. The van der Waals surface area contributed by atoms with Crippen molar-refractivity contribution in [3.63, 3.8) is 0 Å². The van der Waals surface area contributed by atoms with Crippen molar-refractivity contribution in [2.24, 2.45) is 11.8 Å². The van der Waals surface area contributed by atoms with Gasteiger partial charge in [0.15, 0.2) is 0 Å². The number of carbonyl (C=O) groups is 1. The number of rotatable bonds is 5. The molecule has 1 saturated carbocycles. The van der Waals surface area contributed by atoms with Crippen LogP contribution in [-0.4, -0.2) is 5.78 Å². The SMILES string of the molecule is CC(C)CCC/C=C/C1CCC1=O. The van der Waals surface area contributed by atoms with Gasteiger partial charge in [0.25, 0.3) is 0 Å². The van der Waals surface area contributed by atoms with Gasteiger partial charge in [0.05, 0.1) is 0 Å². The number of hydrogen-bond acceptors (Lipinski definition) is 1. The van der Waals surface area contributed by atoms with Gasteiger partial charge in [-0.05, 0) is 25.2 Å². The molecule has 1 unspecified atom stereocenters. The molecule has 0 aromatic carbocycles. The maximum absolute atomic E-state index is 11.0. The standard InChI is InChI=1S/C12H20O/c1-10(2)6-4-3-5-7-11-8-9-12(11)13/h5,7,10-11H,3-4,6,8-9H2,1-2H3/b7-5+. The van der Waals surface area contributed by atoms with E-state index in [1.807, 2.05) is 0 Å². The first-order valence-electron chi connectivity index (χ1n) is 5.39. The summed E-state index contributed by atoms with van der Waals surface area (Å²) < 4.78 is 0. The molecule has 13 heavy (non-hydrogen) atoms. The zero-order valence-corrected chi connectivity index (χ0v) is 8.75. The zero-order chi connectivity index (χ0) is 9.68. The molecule has 0 saturated heterocycles. The molecular weight excluding hydrogens is 160 g/mol. The minimum Gasteiger partial charge on any atom is -0.299 e. The number of ketones is 1. The largest absolute Gasteiger partial charge is 0.299 e. The van der Waals surface area contributed by atoms with Gasteiger partial charge in [0.2, 0.25) is 0 Å². The Balaban J connectivity index is 2.01. The summed E-state index contributed by atoms with van der Waals surface area (Å²) in [5, 5.41) is 0. The number of hydrogen-bond donors (Lipinski definition) is 0. The third-order valence-electron chi connectivity index (χ3n) is 2.64. The van der Waals surface area contributed by atoms with Gasteiger partial charge in [-0.25, -0.2) is 0 Å². The number of allylic oxidation sites excluding steroid dienone is 2. The van der Waals surface area contributed by atoms with Crippen LogP contribution in [0.25, 0.3) is 0 Å². The minimum atomic E-state index is 0.277. The smallest absolute Gasteiger partial charge is 0.139 e. The first kappa shape index (κ1) is 10.5. The van der Waals surface area contributed by atoms with Crippen LogP contribution in [0.5, 0.6) is 0 Å². The molecular formula is C12H20O. The number of unbranched alkanes of at least 4 members (excludes halogenated alkanes) is 1. The molecule has 0 aromatic rings. The average Bonchev–Trinajstić information content (AvgIpc) is 2.08. The Hall–Kier alpha value is -0.590. The molecule has 0 amide bonds. The monoisotopic (exact) mass is 180 g/mol. The van der Waals surface area contributed by atoms with Crippen LogP contribution in [0.2, 0.25) is 0 Å². The lowest BCUT2D eigenvalue weighted by atomic mass is 9.83. The van der Waals surface area contributed by atoms with Gasteiger partial charge in [-0.1, -0.05) is 32.4 Å². The van der Waals surface area contributed by atoms with Gasteiger partial charge >= 0.3 is 0 Å². The normalized spacial score (nSPS) is 22.7. The van der Waals surface area contributed by atoms with Gasteiger partial charge in [-0.3, -0.25) is 4.79 Å². The second-order valence-corrected chi connectivity index (χ2v) is 4.36. The third-order valence-corrected chi connectivity index (χ3v) is 2.64. The Morgan fingerprint density at radius 1 is 1.54 bits per heavy atom. The van der Waals surface area contributed by atoms with Crippen molar-refractivity contribution in [3.8, 4) is 0 Å². The van der Waals surface area contributed by atoms with Crippen LogP contribution in [0.4, 0.5) is 0 Å². The van der Waals surface area contributed by atoms with Crippen molar-refractivity contribution in [2.45, 2.75) is 46.0 Å². The van der Waals surface area contributed by atoms with E-state index in [0.29, 0.717) is 5.78 Å². The van der Waals surface area contributed by atoms with Crippen molar-refractivity contribution in [1.29, 1.82) is 0 Å². The quantitative estimate of drug-likeness (QED) is 0.468. The Kier molecular flexibility index (Phi) is 4.20. The highest BCUT2D eigenvalue weighted by Crippen LogP contribution is 2.23. The van der Waals surface area contributed by atoms with Crippen LogP contribution in [0.1, 0.15) is 46.0 Å². The van der Waals surface area contributed by atoms with Gasteiger partial charge in [0.1, 0.15) is 5.78 Å². The van der Waals surface area contributed by atoms with E-state index < -0.39 is 0 Å². The lowest BCUT2D eigenvalue weighted by Gasteiger charge is -2.19. The van der Waals surface area contributed by atoms with Crippen LogP contribution in [0, 0.1) is 11.8 Å². The Morgan fingerprint density at radius 3 is 2.77 bits per heavy atom. The molecule has 1 atom stereocenters. The molecule has 0 radical (unpaired) electrons. The molecule has 1 heteroatoms. The fourth-order valence-electron chi connectivity index (χ4n) is 1.54. The predicted octanol–water partition coefficient (Wildman–Crippen LogP) is 3.35. The Labute approximate surface area is 81.2 Å². The Bertz CT molecular complexity index is 191. The van der Waals surface area contributed by atoms with E-state index in [1.54, 1.807) is 0 Å². The minimum absolute atomic E-state index is 0.277. The molecule has 0 spiro atoms. The fourth-order valence-corrected chi connectivity index (χ4v) is 1.54. The summed E-state index contributed by atoms with van der Waals surface area (Å²) in [6.45, 7) is 4.50. The van der Waals surface area contributed by atoms with Crippen molar-refractivity contribution < 1.29 is 4.79 Å². The van der Waals surface area contributed by atoms with E-state index in [2.05, 4.69) is 26.0 Å². The lowest BCUT2D eigenvalue weighted by Crippen LogP contribution is -2.23. The van der Waals surface area contributed by atoms with E-state index in [-0.39, 0.29) is 5.92 Å². The summed E-state index contributed by atoms with van der Waals surface area (Å²) in [6, 6.07) is 0. The first-order chi connectivity index (χ1) is 6.20. The topological polar surface area (TPSA) is 17.1 Å². The van der Waals surface area contributed by atoms with Crippen LogP contribution in [0.3, 0.4) is 0 Å². The average molecular weight is 180 g/mol. The molecule has 1 nitrogen and oxygen atoms in total. The molecule has 74 valence electrons. The highest BCUT2D eigenvalue weighted by Gasteiger charge is 2.24. The number of Topliss-reactive ketones (excluding diaryl/α,β-unsaturated/α-hetero) is 1. The Morgan fingerprint density at radius 2 is 2.31 bits per heavy atom. The van der Waals surface area contributed by atoms with Crippen molar-refractivity contribution >= 4 is 5.78 Å². The van der Waals surface area contributed by atoms with E-state index in [1.165, 1.54) is 12.8 Å². The maximum atomic E-state index is 11.0. The summed E-state index contributed by atoms with van der Waals surface area (Å²) in [5.74, 6) is 1.51. The van der Waals surface area contributed by atoms with E-state index >= 15 is 0 Å². The third kappa shape index (κ3) is 3.75. The van der Waals surface area contributed by atoms with Gasteiger partial charge in [-0.15, -0.1) is 0 Å². The molecule has 1 aliphatic carbocycles. The maximum Gasteiger partial charge on any atom is 0.139 e. The van der Waals surface area contributed by atoms with Crippen LogP contribution < -0.4 is 0 Å². The van der Waals surface area contributed by atoms with Crippen LogP contribution in [0.15, 0.2) is 12.2 Å². The van der Waals surface area contributed by atoms with E-state index in [0.717, 1.165) is 25.2 Å². The second kappa shape index (κ2) is 5.21. The summed E-state index contributed by atoms with van der Waals surface area (Å²) in [4.78, 5) is 11.0. The number of carbonyl (C=O) groups excluding carboxylic acids is 1. The molecule has 1 fully saturated rings. The summed E-state index contributed by atoms with van der Waals surface area (Å²) in [7, 11) is 0. The molecule has 0 heterocycles.